The molecule has 3 amide bonds. The number of hydrogen-bond donors (Lipinski definition) is 2. The van der Waals surface area contributed by atoms with Gasteiger partial charge in [-0.2, -0.15) is 0 Å². The topological polar surface area (TPSA) is 83.8 Å². The molecule has 0 unspecified atom stereocenters. The van der Waals surface area contributed by atoms with Gasteiger partial charge in [-0.05, 0) is 36.4 Å². The summed E-state index contributed by atoms with van der Waals surface area (Å²) in [6, 6.07) is 12.6. The molecule has 4 rings (SSSR count). The van der Waals surface area contributed by atoms with Crippen LogP contribution in [-0.4, -0.2) is 32.1 Å². The van der Waals surface area contributed by atoms with Crippen LogP contribution in [0.4, 0.5) is 16.2 Å². The van der Waals surface area contributed by atoms with Crippen LogP contribution < -0.4 is 20.3 Å². The van der Waals surface area contributed by atoms with E-state index in [0.29, 0.717) is 30.1 Å². The summed E-state index contributed by atoms with van der Waals surface area (Å²) in [5.41, 5.74) is 2.98. The van der Waals surface area contributed by atoms with E-state index in [1.54, 1.807) is 36.5 Å². The van der Waals surface area contributed by atoms with Crippen LogP contribution in [0.1, 0.15) is 5.56 Å². The molecule has 0 saturated carbocycles. The van der Waals surface area contributed by atoms with Gasteiger partial charge in [-0.3, -0.25) is 9.69 Å². The summed E-state index contributed by atoms with van der Waals surface area (Å²) >= 11 is 0. The zero-order valence-corrected chi connectivity index (χ0v) is 14.8. The molecule has 27 heavy (non-hydrogen) atoms. The van der Waals surface area contributed by atoms with Gasteiger partial charge in [0.15, 0.2) is 0 Å². The number of methoxy groups -OCH3 is 1. The monoisotopic (exact) mass is 365 g/mol. The summed E-state index contributed by atoms with van der Waals surface area (Å²) < 4.78 is 10.7. The Labute approximate surface area is 155 Å². The molecule has 3 aromatic rings. The van der Waals surface area contributed by atoms with Gasteiger partial charge in [-0.1, -0.05) is 0 Å². The van der Waals surface area contributed by atoms with Crippen molar-refractivity contribution >= 4 is 34.3 Å². The van der Waals surface area contributed by atoms with Crippen LogP contribution in [0.5, 0.6) is 5.75 Å². The summed E-state index contributed by atoms with van der Waals surface area (Å²) in [4.78, 5) is 25.7. The highest BCUT2D eigenvalue weighted by Crippen LogP contribution is 2.26. The second-order valence-electron chi connectivity index (χ2n) is 6.28. The summed E-state index contributed by atoms with van der Waals surface area (Å²) in [6.45, 7) is 1.28. The highest BCUT2D eigenvalue weighted by molar-refractivity contribution is 5.97. The van der Waals surface area contributed by atoms with E-state index < -0.39 is 0 Å². The van der Waals surface area contributed by atoms with Gasteiger partial charge in [0.1, 0.15) is 11.3 Å². The van der Waals surface area contributed by atoms with E-state index in [1.807, 2.05) is 24.3 Å². The number of amides is 3. The standard InChI is InChI=1S/C20H19N3O4/c1-26-16-6-7-17-13(12-27-18(17)11-16)10-19(24)22-14-2-4-15(5-3-14)23-9-8-21-20(23)25/h2-7,11-12H,8-10H2,1H3,(H,21,25)(H,22,24). The summed E-state index contributed by atoms with van der Waals surface area (Å²) in [7, 11) is 1.60. The number of carbonyl (C=O) groups excluding carboxylic acids is 2. The van der Waals surface area contributed by atoms with E-state index in [4.69, 9.17) is 9.15 Å². The molecule has 7 heteroatoms. The molecule has 1 aliphatic heterocycles. The summed E-state index contributed by atoms with van der Waals surface area (Å²) in [5, 5.41) is 6.52. The molecule has 1 aromatic heterocycles. The third kappa shape index (κ3) is 3.44. The maximum atomic E-state index is 12.4. The molecule has 0 aliphatic carbocycles. The predicted molar refractivity (Wildman–Crippen MR) is 102 cm³/mol. The maximum absolute atomic E-state index is 12.4. The number of nitrogens with zero attached hydrogens (tertiary/aromatic N) is 1. The van der Waals surface area contributed by atoms with Crippen LogP contribution in [0.25, 0.3) is 11.0 Å². The van der Waals surface area contributed by atoms with Crippen molar-refractivity contribution in [1.82, 2.24) is 5.32 Å². The second kappa shape index (κ2) is 7.03. The first-order chi connectivity index (χ1) is 13.1. The molecular weight excluding hydrogens is 346 g/mol. The zero-order chi connectivity index (χ0) is 18.8. The Kier molecular flexibility index (Phi) is 4.42. The number of rotatable bonds is 5. The van der Waals surface area contributed by atoms with Gasteiger partial charge in [0, 0.05) is 41.5 Å². The van der Waals surface area contributed by atoms with Crippen molar-refractivity contribution in [3.05, 3.63) is 54.3 Å². The van der Waals surface area contributed by atoms with E-state index >= 15 is 0 Å². The molecular formula is C20H19N3O4. The quantitative estimate of drug-likeness (QED) is 0.727. The molecule has 1 aliphatic rings. The van der Waals surface area contributed by atoms with Crippen LogP contribution >= 0.6 is 0 Å². The van der Waals surface area contributed by atoms with E-state index in [1.165, 1.54) is 0 Å². The fraction of sp³-hybridized carbons (Fsp3) is 0.200. The van der Waals surface area contributed by atoms with Gasteiger partial charge in [0.2, 0.25) is 5.91 Å². The largest absolute Gasteiger partial charge is 0.497 e. The number of nitrogens with one attached hydrogen (secondary N) is 2. The first-order valence-electron chi connectivity index (χ1n) is 8.63. The zero-order valence-electron chi connectivity index (χ0n) is 14.8. The Morgan fingerprint density at radius 2 is 2.07 bits per heavy atom. The van der Waals surface area contributed by atoms with Crippen LogP contribution in [0.15, 0.2) is 53.1 Å². The SMILES string of the molecule is COc1ccc2c(CC(=O)Nc3ccc(N4CCNC4=O)cc3)coc2c1. The van der Waals surface area contributed by atoms with Gasteiger partial charge in [-0.25, -0.2) is 4.79 Å². The number of carbonyl (C=O) groups is 2. The lowest BCUT2D eigenvalue weighted by Gasteiger charge is -2.14. The molecule has 0 atom stereocenters. The van der Waals surface area contributed by atoms with Crippen molar-refractivity contribution in [1.29, 1.82) is 0 Å². The van der Waals surface area contributed by atoms with Crippen molar-refractivity contribution in [2.75, 3.05) is 30.4 Å². The number of fused-ring (bicyclic) bond motifs is 1. The third-order valence-electron chi connectivity index (χ3n) is 4.53. The minimum absolute atomic E-state index is 0.102. The average Bonchev–Trinajstić information content (AvgIpc) is 3.28. The van der Waals surface area contributed by atoms with Gasteiger partial charge >= 0.3 is 6.03 Å². The minimum atomic E-state index is -0.139. The fourth-order valence-corrected chi connectivity index (χ4v) is 3.15. The highest BCUT2D eigenvalue weighted by atomic mass is 16.5. The number of ether oxygens (including phenoxy) is 1. The van der Waals surface area contributed by atoms with Gasteiger partial charge < -0.3 is 19.8 Å². The van der Waals surface area contributed by atoms with E-state index in [2.05, 4.69) is 10.6 Å². The van der Waals surface area contributed by atoms with E-state index in [0.717, 1.165) is 16.6 Å². The molecule has 2 N–H and O–H groups in total. The first kappa shape index (κ1) is 17.0. The molecule has 1 fully saturated rings. The van der Waals surface area contributed by atoms with Crippen LogP contribution in [0, 0.1) is 0 Å². The van der Waals surface area contributed by atoms with Crippen LogP contribution in [0.3, 0.4) is 0 Å². The average molecular weight is 365 g/mol. The van der Waals surface area contributed by atoms with Gasteiger partial charge in [0.25, 0.3) is 0 Å². The van der Waals surface area contributed by atoms with Gasteiger partial charge in [-0.15, -0.1) is 0 Å². The highest BCUT2D eigenvalue weighted by Gasteiger charge is 2.20. The summed E-state index contributed by atoms with van der Waals surface area (Å²) in [5.74, 6) is 0.569. The van der Waals surface area contributed by atoms with E-state index in [-0.39, 0.29) is 18.4 Å². The van der Waals surface area contributed by atoms with Crippen molar-refractivity contribution < 1.29 is 18.7 Å². The Morgan fingerprint density at radius 1 is 1.26 bits per heavy atom. The van der Waals surface area contributed by atoms with E-state index in [9.17, 15) is 9.59 Å². The number of furan rings is 1. The minimum Gasteiger partial charge on any atom is -0.497 e. The van der Waals surface area contributed by atoms with Gasteiger partial charge in [0.05, 0.1) is 19.8 Å². The number of benzene rings is 2. The Hall–Kier alpha value is -3.48. The lowest BCUT2D eigenvalue weighted by molar-refractivity contribution is -0.115. The van der Waals surface area contributed by atoms with Crippen LogP contribution in [0.2, 0.25) is 0 Å². The van der Waals surface area contributed by atoms with Crippen molar-refractivity contribution in [3.63, 3.8) is 0 Å². The number of hydrogen-bond acceptors (Lipinski definition) is 4. The Morgan fingerprint density at radius 3 is 2.78 bits per heavy atom. The second-order valence-corrected chi connectivity index (χ2v) is 6.28. The molecule has 138 valence electrons. The number of anilines is 2. The maximum Gasteiger partial charge on any atom is 0.321 e. The van der Waals surface area contributed by atoms with Crippen molar-refractivity contribution in [2.45, 2.75) is 6.42 Å². The molecule has 2 aromatic carbocycles. The first-order valence-corrected chi connectivity index (χ1v) is 8.63. The number of urea groups is 1. The summed E-state index contributed by atoms with van der Waals surface area (Å²) in [6.07, 6.45) is 1.80. The lowest BCUT2D eigenvalue weighted by Crippen LogP contribution is -2.27. The fourth-order valence-electron chi connectivity index (χ4n) is 3.15. The predicted octanol–water partition coefficient (Wildman–Crippen LogP) is 3.15. The van der Waals surface area contributed by atoms with Crippen molar-refractivity contribution in [3.8, 4) is 5.75 Å². The normalized spacial score (nSPS) is 13.7. The van der Waals surface area contributed by atoms with Crippen LogP contribution in [-0.2, 0) is 11.2 Å². The molecule has 0 bridgehead atoms. The molecule has 2 heterocycles. The molecule has 0 spiro atoms. The Balaban J connectivity index is 1.43. The third-order valence-corrected chi connectivity index (χ3v) is 4.53. The molecule has 1 saturated heterocycles. The van der Waals surface area contributed by atoms with Crippen molar-refractivity contribution in [2.24, 2.45) is 0 Å². The lowest BCUT2D eigenvalue weighted by atomic mass is 10.1. The molecule has 7 nitrogen and oxygen atoms in total. The molecule has 0 radical (unpaired) electrons. The smallest absolute Gasteiger partial charge is 0.321 e. The Bertz CT molecular complexity index is 994.